The van der Waals surface area contributed by atoms with E-state index in [-0.39, 0.29) is 5.82 Å². The smallest absolute Gasteiger partial charge is 0.128 e. The highest BCUT2D eigenvalue weighted by molar-refractivity contribution is 5.41. The molecule has 0 atom stereocenters. The Bertz CT molecular complexity index is 833. The van der Waals surface area contributed by atoms with Gasteiger partial charge in [0, 0.05) is 44.6 Å². The van der Waals surface area contributed by atoms with E-state index in [2.05, 4.69) is 32.5 Å². The molecule has 2 aliphatic rings. The second-order valence-electron chi connectivity index (χ2n) is 6.50. The first-order valence-corrected chi connectivity index (χ1v) is 8.61. The van der Waals surface area contributed by atoms with E-state index in [1.54, 1.807) is 18.3 Å². The third-order valence-corrected chi connectivity index (χ3v) is 4.56. The van der Waals surface area contributed by atoms with Crippen LogP contribution in [0.2, 0.25) is 0 Å². The first-order chi connectivity index (χ1) is 12.7. The monoisotopic (exact) mass is 352 g/mol. The van der Waals surface area contributed by atoms with Gasteiger partial charge in [-0.15, -0.1) is 0 Å². The first-order valence-electron chi connectivity index (χ1n) is 8.61. The van der Waals surface area contributed by atoms with E-state index in [1.165, 1.54) is 17.7 Å². The van der Waals surface area contributed by atoms with Crippen LogP contribution in [-0.2, 0) is 6.54 Å². The topological polar surface area (TPSA) is 40.6 Å². The van der Waals surface area contributed by atoms with Gasteiger partial charge in [0.1, 0.15) is 18.2 Å². The number of halogens is 1. The zero-order valence-corrected chi connectivity index (χ0v) is 14.7. The zero-order valence-electron chi connectivity index (χ0n) is 14.7. The Hall–Kier alpha value is -2.86. The molecule has 1 N–H and O–H groups in total. The van der Waals surface area contributed by atoms with Crippen LogP contribution in [0, 0.1) is 5.82 Å². The molecular formula is C20H21FN4O. The fraction of sp³-hybridized carbons (Fsp3) is 0.250. The summed E-state index contributed by atoms with van der Waals surface area (Å²) in [6, 6.07) is 10.2. The molecule has 0 aliphatic carbocycles. The summed E-state index contributed by atoms with van der Waals surface area (Å²) < 4.78 is 19.1. The van der Waals surface area contributed by atoms with Crippen molar-refractivity contribution in [2.75, 3.05) is 26.7 Å². The number of aromatic nitrogens is 1. The average Bonchev–Trinajstić information content (AvgIpc) is 3.03. The maximum absolute atomic E-state index is 13.1. The van der Waals surface area contributed by atoms with E-state index in [9.17, 15) is 4.39 Å². The lowest BCUT2D eigenvalue weighted by molar-refractivity contribution is 0.267. The summed E-state index contributed by atoms with van der Waals surface area (Å²) in [4.78, 5) is 6.52. The molecule has 0 saturated carbocycles. The lowest BCUT2D eigenvalue weighted by atomic mass is 10.1. The van der Waals surface area contributed by atoms with Crippen LogP contribution in [0.25, 0.3) is 0 Å². The van der Waals surface area contributed by atoms with Crippen LogP contribution in [0.3, 0.4) is 0 Å². The number of hydrazine groups is 1. The minimum absolute atomic E-state index is 0.262. The van der Waals surface area contributed by atoms with Crippen LogP contribution in [0.15, 0.2) is 71.8 Å². The molecule has 4 rings (SSSR count). The summed E-state index contributed by atoms with van der Waals surface area (Å²) in [7, 11) is 2.02. The molecule has 1 aromatic carbocycles. The van der Waals surface area contributed by atoms with Crippen LogP contribution in [-0.4, -0.2) is 41.6 Å². The third kappa shape index (κ3) is 3.55. The average molecular weight is 352 g/mol. The second-order valence-corrected chi connectivity index (χ2v) is 6.50. The highest BCUT2D eigenvalue weighted by atomic mass is 19.1. The molecule has 5 nitrogen and oxygen atoms in total. The summed E-state index contributed by atoms with van der Waals surface area (Å²) in [5, 5.41) is 2.06. The molecule has 26 heavy (non-hydrogen) atoms. The molecule has 2 aliphatic heterocycles. The van der Waals surface area contributed by atoms with E-state index < -0.39 is 0 Å². The molecule has 134 valence electrons. The molecule has 0 amide bonds. The maximum atomic E-state index is 13.1. The van der Waals surface area contributed by atoms with Crippen LogP contribution in [0.4, 0.5) is 4.39 Å². The summed E-state index contributed by atoms with van der Waals surface area (Å²) in [5.41, 5.74) is 8.06. The Labute approximate surface area is 152 Å². The lowest BCUT2D eigenvalue weighted by Gasteiger charge is -2.31. The Morgan fingerprint density at radius 1 is 1.23 bits per heavy atom. The van der Waals surface area contributed by atoms with E-state index in [1.807, 2.05) is 19.3 Å². The highest BCUT2D eigenvalue weighted by Gasteiger charge is 2.28. The maximum Gasteiger partial charge on any atom is 0.128 e. The van der Waals surface area contributed by atoms with Crippen molar-refractivity contribution >= 4 is 0 Å². The Balaban J connectivity index is 1.57. The molecule has 0 bridgehead atoms. The van der Waals surface area contributed by atoms with Crippen molar-refractivity contribution in [2.24, 2.45) is 0 Å². The first kappa shape index (κ1) is 16.6. The predicted octanol–water partition coefficient (Wildman–Crippen LogP) is 2.70. The molecule has 1 fully saturated rings. The minimum atomic E-state index is -0.262. The number of rotatable bonds is 5. The summed E-state index contributed by atoms with van der Waals surface area (Å²) in [6.45, 7) is 2.83. The third-order valence-electron chi connectivity index (χ3n) is 4.56. The fourth-order valence-corrected chi connectivity index (χ4v) is 3.29. The van der Waals surface area contributed by atoms with Crippen molar-refractivity contribution in [2.45, 2.75) is 6.54 Å². The van der Waals surface area contributed by atoms with Gasteiger partial charge in [-0.25, -0.2) is 9.40 Å². The van der Waals surface area contributed by atoms with Crippen molar-refractivity contribution in [3.8, 4) is 5.75 Å². The van der Waals surface area contributed by atoms with E-state index in [4.69, 9.17) is 4.74 Å². The quantitative estimate of drug-likeness (QED) is 0.896. The molecule has 0 radical (unpaired) electrons. The molecule has 1 aromatic heterocycles. The van der Waals surface area contributed by atoms with Gasteiger partial charge in [0.15, 0.2) is 0 Å². The normalized spacial score (nSPS) is 17.0. The van der Waals surface area contributed by atoms with Gasteiger partial charge >= 0.3 is 0 Å². The molecule has 3 heterocycles. The van der Waals surface area contributed by atoms with Gasteiger partial charge in [-0.1, -0.05) is 6.07 Å². The van der Waals surface area contributed by atoms with Crippen molar-refractivity contribution in [3.63, 3.8) is 0 Å². The molecule has 6 heteroatoms. The van der Waals surface area contributed by atoms with Gasteiger partial charge in [0.05, 0.1) is 11.4 Å². The highest BCUT2D eigenvalue weighted by Crippen LogP contribution is 2.28. The zero-order chi connectivity index (χ0) is 17.9. The summed E-state index contributed by atoms with van der Waals surface area (Å²) in [6.07, 6.45) is 5.88. The van der Waals surface area contributed by atoms with E-state index in [0.29, 0.717) is 12.4 Å². The number of nitrogens with one attached hydrogen (secondary N) is 1. The standard InChI is InChI=1S/C20H21FN4O/c1-24-13-18-19(23-24)8-10-25(12-15-3-2-9-22-11-15)20(18)14-26-17-6-4-16(21)5-7-17/h2-9,11,23H,10,12-14H2,1H3. The Morgan fingerprint density at radius 2 is 2.08 bits per heavy atom. The molecular weight excluding hydrogens is 331 g/mol. The van der Waals surface area contributed by atoms with E-state index >= 15 is 0 Å². The fourth-order valence-electron chi connectivity index (χ4n) is 3.29. The molecule has 2 aromatic rings. The number of pyridine rings is 1. The van der Waals surface area contributed by atoms with Gasteiger partial charge in [0.25, 0.3) is 0 Å². The molecule has 0 unspecified atom stereocenters. The van der Waals surface area contributed by atoms with Gasteiger partial charge in [-0.05, 0) is 42.0 Å². The number of likely N-dealkylation sites (N-methyl/N-ethyl adjacent to an activating group) is 1. The van der Waals surface area contributed by atoms with Crippen LogP contribution < -0.4 is 10.2 Å². The lowest BCUT2D eigenvalue weighted by Crippen LogP contribution is -2.31. The minimum Gasteiger partial charge on any atom is -0.487 e. The summed E-state index contributed by atoms with van der Waals surface area (Å²) in [5.74, 6) is 0.401. The van der Waals surface area contributed by atoms with Crippen LogP contribution in [0.5, 0.6) is 5.75 Å². The Morgan fingerprint density at radius 3 is 2.85 bits per heavy atom. The van der Waals surface area contributed by atoms with Crippen molar-refractivity contribution in [1.29, 1.82) is 0 Å². The number of hydrogen-bond acceptors (Lipinski definition) is 5. The number of benzene rings is 1. The largest absolute Gasteiger partial charge is 0.487 e. The summed E-state index contributed by atoms with van der Waals surface area (Å²) >= 11 is 0. The number of hydrogen-bond donors (Lipinski definition) is 1. The van der Waals surface area contributed by atoms with Gasteiger partial charge in [0.2, 0.25) is 0 Å². The number of nitrogens with zero attached hydrogens (tertiary/aromatic N) is 3. The number of ether oxygens (including phenoxy) is 1. The Kier molecular flexibility index (Phi) is 4.58. The van der Waals surface area contributed by atoms with Crippen molar-refractivity contribution in [1.82, 2.24) is 20.3 Å². The van der Waals surface area contributed by atoms with Crippen LogP contribution >= 0.6 is 0 Å². The second kappa shape index (κ2) is 7.17. The van der Waals surface area contributed by atoms with Crippen molar-refractivity contribution in [3.05, 3.63) is 83.2 Å². The van der Waals surface area contributed by atoms with Gasteiger partial charge in [-0.3, -0.25) is 4.98 Å². The van der Waals surface area contributed by atoms with Crippen LogP contribution in [0.1, 0.15) is 5.56 Å². The molecule has 0 spiro atoms. The van der Waals surface area contributed by atoms with E-state index in [0.717, 1.165) is 36.6 Å². The SMILES string of the molecule is CN1CC2=C(COc3ccc(F)cc3)N(Cc3cccnc3)CC=C2N1. The number of fused-ring (bicyclic) bond motifs is 1. The molecule has 1 saturated heterocycles. The van der Waals surface area contributed by atoms with Gasteiger partial charge < -0.3 is 15.1 Å². The van der Waals surface area contributed by atoms with Crippen molar-refractivity contribution < 1.29 is 9.13 Å². The predicted molar refractivity (Wildman–Crippen MR) is 97.4 cm³/mol. The van der Waals surface area contributed by atoms with Gasteiger partial charge in [-0.2, -0.15) is 0 Å².